The van der Waals surface area contributed by atoms with Gasteiger partial charge in [-0.2, -0.15) is 8.42 Å². The van der Waals surface area contributed by atoms with Crippen molar-refractivity contribution in [2.75, 3.05) is 18.4 Å². The number of hydrogen-bond acceptors (Lipinski definition) is 9. The van der Waals surface area contributed by atoms with Gasteiger partial charge in [-0.3, -0.25) is 15.7 Å². The van der Waals surface area contributed by atoms with Gasteiger partial charge >= 0.3 is 0 Å². The lowest BCUT2D eigenvalue weighted by atomic mass is 9.90. The first-order chi connectivity index (χ1) is 12.7. The summed E-state index contributed by atoms with van der Waals surface area (Å²) in [5, 5.41) is 24.8. The molecule has 150 valence electrons. The fourth-order valence-corrected chi connectivity index (χ4v) is 2.68. The van der Waals surface area contributed by atoms with Crippen LogP contribution >= 0.6 is 0 Å². The Balaban J connectivity index is 1.94. The lowest BCUT2D eigenvalue weighted by Gasteiger charge is -2.24. The summed E-state index contributed by atoms with van der Waals surface area (Å²) in [6.45, 7) is 4.60. The maximum Gasteiger partial charge on any atom is 0.274 e. The van der Waals surface area contributed by atoms with Crippen LogP contribution in [0.2, 0.25) is 0 Å². The number of hydrogen-bond donors (Lipinski definition) is 5. The number of amidine groups is 1. The van der Waals surface area contributed by atoms with E-state index in [1.165, 1.54) is 6.26 Å². The van der Waals surface area contributed by atoms with E-state index in [0.717, 1.165) is 0 Å². The van der Waals surface area contributed by atoms with Crippen molar-refractivity contribution in [3.63, 3.8) is 0 Å². The highest BCUT2D eigenvalue weighted by atomic mass is 32.2. The number of nitrogens with one attached hydrogen (secondary N) is 3. The monoisotopic (exact) mass is 401 g/mol. The van der Waals surface area contributed by atoms with E-state index in [4.69, 9.17) is 14.2 Å². The maximum absolute atomic E-state index is 11.0. The van der Waals surface area contributed by atoms with Crippen LogP contribution in [0.4, 0.5) is 5.82 Å². The molecule has 0 bridgehead atoms. The summed E-state index contributed by atoms with van der Waals surface area (Å²) in [7, 11) is -3.74. The Hall–Kier alpha value is -2.48. The molecule has 0 aliphatic carbocycles. The van der Waals surface area contributed by atoms with E-state index in [2.05, 4.69) is 25.3 Å². The van der Waals surface area contributed by atoms with E-state index in [0.29, 0.717) is 18.7 Å². The molecular formula is C14H23N7O5S. The zero-order valence-corrected chi connectivity index (χ0v) is 15.8. The molecule has 6 N–H and O–H groups in total. The topological polar surface area (TPSA) is 181 Å². The van der Waals surface area contributed by atoms with Crippen LogP contribution in [-0.2, 0) is 16.8 Å². The van der Waals surface area contributed by atoms with Crippen LogP contribution in [0.5, 0.6) is 0 Å². The van der Waals surface area contributed by atoms with Crippen LogP contribution < -0.4 is 20.7 Å². The smallest absolute Gasteiger partial charge is 0.274 e. The van der Waals surface area contributed by atoms with E-state index in [-0.39, 0.29) is 35.9 Å². The molecule has 0 aliphatic heterocycles. The number of anilines is 1. The molecule has 27 heavy (non-hydrogen) atoms. The highest BCUT2D eigenvalue weighted by Crippen LogP contribution is 2.20. The number of rotatable bonds is 10. The van der Waals surface area contributed by atoms with Gasteiger partial charge in [0.15, 0.2) is 11.5 Å². The Labute approximate surface area is 156 Å². The zero-order chi connectivity index (χ0) is 19.9. The fourth-order valence-electron chi connectivity index (χ4n) is 2.09. The zero-order valence-electron chi connectivity index (χ0n) is 15.0. The van der Waals surface area contributed by atoms with Crippen molar-refractivity contribution in [2.24, 2.45) is 15.5 Å². The van der Waals surface area contributed by atoms with Crippen molar-refractivity contribution in [3.8, 4) is 0 Å². The van der Waals surface area contributed by atoms with Gasteiger partial charge in [0.05, 0.1) is 12.8 Å². The van der Waals surface area contributed by atoms with Gasteiger partial charge in [-0.05, 0) is 34.3 Å². The molecule has 0 aliphatic rings. The van der Waals surface area contributed by atoms with E-state index in [9.17, 15) is 13.6 Å². The van der Waals surface area contributed by atoms with Crippen molar-refractivity contribution in [2.45, 2.75) is 26.8 Å². The lowest BCUT2D eigenvalue weighted by molar-refractivity contribution is 0.233. The number of aromatic nitrogens is 2. The second-order valence-electron chi connectivity index (χ2n) is 6.52. The minimum absolute atomic E-state index is 0.0605. The third-order valence-corrected chi connectivity index (χ3v) is 4.18. The van der Waals surface area contributed by atoms with Crippen molar-refractivity contribution in [1.82, 2.24) is 20.5 Å². The summed E-state index contributed by atoms with van der Waals surface area (Å²) < 4.78 is 34.2. The molecule has 2 heterocycles. The molecule has 2 rings (SSSR count). The summed E-state index contributed by atoms with van der Waals surface area (Å²) in [5.41, 5.74) is 1.81. The third-order valence-electron chi connectivity index (χ3n) is 3.64. The Bertz CT molecular complexity index is 845. The van der Waals surface area contributed by atoms with Gasteiger partial charge in [-0.15, -0.1) is 0 Å². The molecule has 0 aromatic carbocycles. The standard InChI is InChI=1S/C14H23N7O5S/c1-14(2,9-18-27(15,23)24)5-6-16-13-11(20-26-21-13)12(19-22)17-8-10-4-3-7-25-10/h3-4,7,18,22H,5-6,8-9H2,1-2H3,(H,16,21)(H,17,19)(H2,15,23,24). The number of nitrogens with zero attached hydrogens (tertiary/aromatic N) is 3. The predicted molar refractivity (Wildman–Crippen MR) is 96.2 cm³/mol. The van der Waals surface area contributed by atoms with Gasteiger partial charge in [-0.1, -0.05) is 13.8 Å². The lowest BCUT2D eigenvalue weighted by Crippen LogP contribution is -2.38. The molecule has 0 spiro atoms. The van der Waals surface area contributed by atoms with Gasteiger partial charge in [0.25, 0.3) is 10.2 Å². The molecule has 0 saturated heterocycles. The van der Waals surface area contributed by atoms with Crippen LogP contribution in [0.15, 0.2) is 32.4 Å². The first-order valence-corrected chi connectivity index (χ1v) is 9.56. The van der Waals surface area contributed by atoms with Crippen LogP contribution in [0.1, 0.15) is 31.7 Å². The van der Waals surface area contributed by atoms with Crippen LogP contribution in [-0.4, -0.2) is 42.9 Å². The molecule has 2 aromatic rings. The molecular weight excluding hydrogens is 378 g/mol. The van der Waals surface area contributed by atoms with Crippen molar-refractivity contribution < 1.29 is 22.7 Å². The van der Waals surface area contributed by atoms with Crippen LogP contribution in [0.25, 0.3) is 0 Å². The molecule has 0 atom stereocenters. The summed E-state index contributed by atoms with van der Waals surface area (Å²) in [6.07, 6.45) is 2.11. The number of nitrogens with two attached hydrogens (primary N) is 1. The first-order valence-electron chi connectivity index (χ1n) is 8.01. The average molecular weight is 401 g/mol. The fraction of sp³-hybridized carbons (Fsp3) is 0.500. The summed E-state index contributed by atoms with van der Waals surface area (Å²) in [5.74, 6) is 0.952. The second kappa shape index (κ2) is 8.94. The number of aliphatic imine (C=N–C) groups is 1. The van der Waals surface area contributed by atoms with Gasteiger partial charge in [0.1, 0.15) is 5.76 Å². The molecule has 12 nitrogen and oxygen atoms in total. The molecule has 0 unspecified atom stereocenters. The van der Waals surface area contributed by atoms with Crippen LogP contribution in [0.3, 0.4) is 0 Å². The molecule has 0 radical (unpaired) electrons. The highest BCUT2D eigenvalue weighted by Gasteiger charge is 2.21. The minimum atomic E-state index is -3.74. The van der Waals surface area contributed by atoms with Gasteiger partial charge < -0.3 is 9.73 Å². The normalized spacial score (nSPS) is 13.0. The second-order valence-corrected chi connectivity index (χ2v) is 7.90. The average Bonchev–Trinajstić information content (AvgIpc) is 3.25. The van der Waals surface area contributed by atoms with Gasteiger partial charge in [0, 0.05) is 13.1 Å². The van der Waals surface area contributed by atoms with Gasteiger partial charge in [-0.25, -0.2) is 14.5 Å². The molecule has 0 saturated carbocycles. The SMILES string of the molecule is CC(C)(CCNc1nonc1C(=NCc1ccco1)NO)CNS(N)(=O)=O. The summed E-state index contributed by atoms with van der Waals surface area (Å²) >= 11 is 0. The van der Waals surface area contributed by atoms with Crippen molar-refractivity contribution in [1.29, 1.82) is 0 Å². The quantitative estimate of drug-likeness (QED) is 0.211. The Kier molecular flexibility index (Phi) is 6.90. The summed E-state index contributed by atoms with van der Waals surface area (Å²) in [4.78, 5) is 4.17. The number of hydroxylamine groups is 1. The molecule has 0 fully saturated rings. The minimum Gasteiger partial charge on any atom is -0.467 e. The van der Waals surface area contributed by atoms with Crippen molar-refractivity contribution in [3.05, 3.63) is 29.9 Å². The van der Waals surface area contributed by atoms with Crippen LogP contribution in [0, 0.1) is 5.41 Å². The predicted octanol–water partition coefficient (Wildman–Crippen LogP) is 0.210. The Morgan fingerprint density at radius 3 is 2.81 bits per heavy atom. The van der Waals surface area contributed by atoms with E-state index in [1.54, 1.807) is 12.1 Å². The largest absolute Gasteiger partial charge is 0.467 e. The Morgan fingerprint density at radius 1 is 1.41 bits per heavy atom. The highest BCUT2D eigenvalue weighted by molar-refractivity contribution is 7.87. The van der Waals surface area contributed by atoms with E-state index < -0.39 is 10.2 Å². The molecule has 2 aromatic heterocycles. The van der Waals surface area contributed by atoms with E-state index in [1.807, 2.05) is 19.3 Å². The first kappa shape index (κ1) is 20.8. The summed E-state index contributed by atoms with van der Waals surface area (Å²) in [6, 6.07) is 3.48. The third kappa shape index (κ3) is 6.97. The van der Waals surface area contributed by atoms with Crippen molar-refractivity contribution >= 4 is 21.9 Å². The molecule has 0 amide bonds. The van der Waals surface area contributed by atoms with E-state index >= 15 is 0 Å². The van der Waals surface area contributed by atoms with Gasteiger partial charge in [0.2, 0.25) is 5.82 Å². The Morgan fingerprint density at radius 2 is 2.19 bits per heavy atom. The maximum atomic E-state index is 11.0. The number of furan rings is 1. The molecule has 13 heteroatoms.